The Morgan fingerprint density at radius 2 is 1.75 bits per heavy atom. The van der Waals surface area contributed by atoms with Gasteiger partial charge in [0.15, 0.2) is 0 Å². The monoisotopic (exact) mass is 329 g/mol. The van der Waals surface area contributed by atoms with Gasteiger partial charge < -0.3 is 14.9 Å². The third kappa shape index (κ3) is 5.68. The number of carboxylic acid groups (broad SMARTS) is 1. The number of nitrogens with zero attached hydrogens (tertiary/aromatic N) is 1. The molecule has 0 aliphatic heterocycles. The highest BCUT2D eigenvalue weighted by molar-refractivity contribution is 5.69. The van der Waals surface area contributed by atoms with Crippen molar-refractivity contribution >= 4 is 5.97 Å². The van der Waals surface area contributed by atoms with Crippen LogP contribution in [-0.2, 0) is 17.8 Å². The van der Waals surface area contributed by atoms with Gasteiger partial charge in [-0.05, 0) is 36.7 Å². The zero-order chi connectivity index (χ0) is 17.4. The molecule has 0 bridgehead atoms. The maximum Gasteiger partial charge on any atom is 0.317 e. The van der Waals surface area contributed by atoms with Crippen LogP contribution in [-0.4, -0.2) is 47.3 Å². The molecule has 0 aromatic heterocycles. The lowest BCUT2D eigenvalue weighted by atomic mass is 10.1. The topological polar surface area (TPSA) is 70.0 Å². The largest absolute Gasteiger partial charge is 0.489 e. The summed E-state index contributed by atoms with van der Waals surface area (Å²) in [6.45, 7) is 0.334. The van der Waals surface area contributed by atoms with Crippen molar-refractivity contribution in [1.29, 1.82) is 0 Å². The molecule has 0 amide bonds. The summed E-state index contributed by atoms with van der Waals surface area (Å²) in [5.41, 5.74) is 2.13. The quantitative estimate of drug-likeness (QED) is 0.738. The number of aliphatic hydroxyl groups is 1. The second-order valence-electron chi connectivity index (χ2n) is 5.77. The predicted octanol–water partition coefficient (Wildman–Crippen LogP) is 2.19. The molecule has 1 atom stereocenters. The molecule has 2 N–H and O–H groups in total. The average molecular weight is 329 g/mol. The van der Waals surface area contributed by atoms with Gasteiger partial charge in [-0.25, -0.2) is 0 Å². The van der Waals surface area contributed by atoms with Crippen LogP contribution in [0.4, 0.5) is 0 Å². The molecule has 0 radical (unpaired) electrons. The minimum Gasteiger partial charge on any atom is -0.489 e. The van der Waals surface area contributed by atoms with Gasteiger partial charge >= 0.3 is 5.97 Å². The highest BCUT2D eigenvalue weighted by Crippen LogP contribution is 2.16. The van der Waals surface area contributed by atoms with Gasteiger partial charge in [-0.3, -0.25) is 9.69 Å². The van der Waals surface area contributed by atoms with Crippen LogP contribution >= 0.6 is 0 Å². The maximum absolute atomic E-state index is 10.8. The van der Waals surface area contributed by atoms with Gasteiger partial charge in [0.05, 0.1) is 13.2 Å². The van der Waals surface area contributed by atoms with E-state index in [1.54, 1.807) is 11.9 Å². The Hall–Kier alpha value is -2.37. The molecule has 0 aliphatic carbocycles. The molecule has 0 spiro atoms. The number of hydrogen-bond donors (Lipinski definition) is 2. The summed E-state index contributed by atoms with van der Waals surface area (Å²) in [7, 11) is 1.70. The number of aliphatic carboxylic acids is 1. The number of ether oxygens (including phenoxy) is 1. The fourth-order valence-electron chi connectivity index (χ4n) is 2.44. The number of carbonyl (C=O) groups is 1. The summed E-state index contributed by atoms with van der Waals surface area (Å²) in [4.78, 5) is 12.4. The minimum absolute atomic E-state index is 0.0873. The van der Waals surface area contributed by atoms with E-state index in [0.29, 0.717) is 13.0 Å². The van der Waals surface area contributed by atoms with Gasteiger partial charge in [0.1, 0.15) is 12.4 Å². The van der Waals surface area contributed by atoms with Crippen molar-refractivity contribution in [3.05, 3.63) is 65.7 Å². The van der Waals surface area contributed by atoms with E-state index >= 15 is 0 Å². The average Bonchev–Trinajstić information content (AvgIpc) is 2.59. The Bertz CT molecular complexity index is 628. The summed E-state index contributed by atoms with van der Waals surface area (Å²) in [5.74, 6) is -0.123. The highest BCUT2D eigenvalue weighted by Gasteiger charge is 2.16. The van der Waals surface area contributed by atoms with Crippen LogP contribution in [0, 0.1) is 0 Å². The van der Waals surface area contributed by atoms with Crippen LogP contribution < -0.4 is 4.74 Å². The first-order valence-electron chi connectivity index (χ1n) is 7.87. The van der Waals surface area contributed by atoms with Gasteiger partial charge in [-0.15, -0.1) is 0 Å². The van der Waals surface area contributed by atoms with Gasteiger partial charge in [-0.1, -0.05) is 42.5 Å². The second kappa shape index (κ2) is 9.05. The minimum atomic E-state index is -0.902. The Morgan fingerprint density at radius 3 is 2.33 bits per heavy atom. The maximum atomic E-state index is 10.8. The second-order valence-corrected chi connectivity index (χ2v) is 5.77. The third-order valence-corrected chi connectivity index (χ3v) is 3.86. The molecular weight excluding hydrogens is 306 g/mol. The van der Waals surface area contributed by atoms with E-state index in [1.165, 1.54) is 0 Å². The molecule has 0 aliphatic rings. The van der Waals surface area contributed by atoms with Crippen molar-refractivity contribution in [2.45, 2.75) is 19.1 Å². The van der Waals surface area contributed by atoms with E-state index in [9.17, 15) is 9.90 Å². The van der Waals surface area contributed by atoms with Gasteiger partial charge in [-0.2, -0.15) is 0 Å². The fraction of sp³-hybridized carbons (Fsp3) is 0.316. The lowest BCUT2D eigenvalue weighted by Gasteiger charge is -2.24. The fourth-order valence-corrected chi connectivity index (χ4v) is 2.44. The lowest BCUT2D eigenvalue weighted by molar-refractivity contribution is -0.138. The van der Waals surface area contributed by atoms with Crippen molar-refractivity contribution in [3.8, 4) is 5.75 Å². The van der Waals surface area contributed by atoms with Crippen LogP contribution in [0.1, 0.15) is 11.1 Å². The van der Waals surface area contributed by atoms with Gasteiger partial charge in [0, 0.05) is 6.04 Å². The Kier molecular flexibility index (Phi) is 6.78. The van der Waals surface area contributed by atoms with Crippen molar-refractivity contribution in [1.82, 2.24) is 4.90 Å². The summed E-state index contributed by atoms with van der Waals surface area (Å²) in [6, 6.07) is 17.4. The van der Waals surface area contributed by atoms with E-state index in [0.717, 1.165) is 16.9 Å². The summed E-state index contributed by atoms with van der Waals surface area (Å²) < 4.78 is 5.74. The van der Waals surface area contributed by atoms with Crippen LogP contribution in [0.5, 0.6) is 5.75 Å². The molecule has 5 nitrogen and oxygen atoms in total. The summed E-state index contributed by atoms with van der Waals surface area (Å²) >= 11 is 0. The molecule has 0 fully saturated rings. The van der Waals surface area contributed by atoms with Crippen LogP contribution in [0.3, 0.4) is 0 Å². The molecule has 128 valence electrons. The molecule has 0 unspecified atom stereocenters. The number of carboxylic acids is 1. The van der Waals surface area contributed by atoms with Gasteiger partial charge in [0.2, 0.25) is 0 Å². The van der Waals surface area contributed by atoms with Crippen LogP contribution in [0.15, 0.2) is 54.6 Å². The molecule has 0 heterocycles. The van der Waals surface area contributed by atoms with E-state index in [4.69, 9.17) is 9.84 Å². The van der Waals surface area contributed by atoms with Crippen molar-refractivity contribution in [3.63, 3.8) is 0 Å². The number of aliphatic hydroxyl groups excluding tert-OH is 1. The van der Waals surface area contributed by atoms with Crippen molar-refractivity contribution < 1.29 is 19.7 Å². The van der Waals surface area contributed by atoms with Crippen molar-refractivity contribution in [2.75, 3.05) is 20.2 Å². The first kappa shape index (κ1) is 18.0. The van der Waals surface area contributed by atoms with Crippen LogP contribution in [0.25, 0.3) is 0 Å². The van der Waals surface area contributed by atoms with Crippen LogP contribution in [0.2, 0.25) is 0 Å². The zero-order valence-electron chi connectivity index (χ0n) is 13.8. The lowest BCUT2D eigenvalue weighted by Crippen LogP contribution is -2.39. The predicted molar refractivity (Wildman–Crippen MR) is 92.1 cm³/mol. The first-order chi connectivity index (χ1) is 11.6. The molecule has 24 heavy (non-hydrogen) atoms. The smallest absolute Gasteiger partial charge is 0.317 e. The Morgan fingerprint density at radius 1 is 1.08 bits per heavy atom. The van der Waals surface area contributed by atoms with E-state index in [2.05, 4.69) is 0 Å². The highest BCUT2D eigenvalue weighted by atomic mass is 16.5. The van der Waals surface area contributed by atoms with Gasteiger partial charge in [0.25, 0.3) is 0 Å². The Labute approximate surface area is 142 Å². The van der Waals surface area contributed by atoms with E-state index in [1.807, 2.05) is 54.6 Å². The molecular formula is C19H23NO4. The number of benzene rings is 2. The number of likely N-dealkylation sites (N-methyl/N-ethyl adjacent to an activating group) is 1. The molecule has 2 aromatic rings. The number of hydrogen-bond acceptors (Lipinski definition) is 4. The summed E-state index contributed by atoms with van der Waals surface area (Å²) in [6.07, 6.45) is 0.583. The molecule has 0 saturated heterocycles. The normalized spacial score (nSPS) is 12.1. The molecule has 2 rings (SSSR count). The molecule has 2 aromatic carbocycles. The molecule has 0 saturated carbocycles. The number of rotatable bonds is 9. The molecule has 5 heteroatoms. The van der Waals surface area contributed by atoms with Crippen molar-refractivity contribution in [2.24, 2.45) is 0 Å². The first-order valence-corrected chi connectivity index (χ1v) is 7.87. The zero-order valence-corrected chi connectivity index (χ0v) is 13.8. The summed E-state index contributed by atoms with van der Waals surface area (Å²) in [5, 5.41) is 18.3. The third-order valence-electron chi connectivity index (χ3n) is 3.86. The van der Waals surface area contributed by atoms with E-state index < -0.39 is 5.97 Å². The SMILES string of the molecule is CN(CC(=O)O)[C@H](CO)Cc1ccc(OCc2ccccc2)cc1. The Balaban J connectivity index is 1.89. The van der Waals surface area contributed by atoms with E-state index in [-0.39, 0.29) is 19.2 Å². The standard InChI is InChI=1S/C19H23NO4/c1-20(12-19(22)23)17(13-21)11-15-7-9-18(10-8-15)24-14-16-5-3-2-4-6-16/h2-10,17,21H,11-14H2,1H3,(H,22,23)/t17-/m0/s1.